The third kappa shape index (κ3) is 2.48. The molecule has 0 amide bonds. The summed E-state index contributed by atoms with van der Waals surface area (Å²) >= 11 is 0. The average molecular weight is 255 g/mol. The minimum absolute atomic E-state index is 0.623. The van der Waals surface area contributed by atoms with Crippen molar-refractivity contribution in [2.75, 3.05) is 6.54 Å². The highest BCUT2D eigenvalue weighted by Crippen LogP contribution is 2.26. The first kappa shape index (κ1) is 12.2. The van der Waals surface area contributed by atoms with Crippen LogP contribution in [0.3, 0.4) is 0 Å². The number of aliphatic hydroxyl groups is 1. The molecule has 0 spiro atoms. The summed E-state index contributed by atoms with van der Waals surface area (Å²) in [6.07, 6.45) is 3.17. The Labute approximate surface area is 112 Å². The molecule has 1 fully saturated rings. The van der Waals surface area contributed by atoms with Gasteiger partial charge >= 0.3 is 0 Å². The summed E-state index contributed by atoms with van der Waals surface area (Å²) in [6, 6.07) is 9.52. The predicted octanol–water partition coefficient (Wildman–Crippen LogP) is 2.42. The topological polar surface area (TPSA) is 71.8 Å². The molecule has 1 aliphatic carbocycles. The molecule has 0 bridgehead atoms. The molecular formula is C15H17N3O. The molecule has 0 saturated heterocycles. The third-order valence-corrected chi connectivity index (χ3v) is 3.89. The molecule has 1 aromatic heterocycles. The van der Waals surface area contributed by atoms with Crippen LogP contribution in [0.4, 0.5) is 0 Å². The molecular weight excluding hydrogens is 238 g/mol. The minimum Gasteiger partial charge on any atom is -0.373 e. The van der Waals surface area contributed by atoms with Crippen LogP contribution in [0.2, 0.25) is 0 Å². The van der Waals surface area contributed by atoms with Crippen molar-refractivity contribution in [3.63, 3.8) is 0 Å². The summed E-state index contributed by atoms with van der Waals surface area (Å²) in [4.78, 5) is 3.17. The number of H-pyrrole nitrogens is 1. The molecule has 4 heteroatoms. The van der Waals surface area contributed by atoms with Gasteiger partial charge in [0.05, 0.1) is 17.3 Å². The molecule has 98 valence electrons. The maximum atomic E-state index is 10.1. The number of hydrogen-bond acceptors (Lipinski definition) is 3. The second-order valence-corrected chi connectivity index (χ2v) is 5.25. The lowest BCUT2D eigenvalue weighted by Crippen LogP contribution is -2.30. The number of aliphatic hydroxyl groups excluding tert-OH is 1. The highest BCUT2D eigenvalue weighted by molar-refractivity contribution is 5.81. The van der Waals surface area contributed by atoms with Crippen LogP contribution in [0, 0.1) is 17.2 Å². The van der Waals surface area contributed by atoms with Gasteiger partial charge in [0.25, 0.3) is 0 Å². The molecule has 0 aliphatic heterocycles. The van der Waals surface area contributed by atoms with Crippen LogP contribution in [-0.4, -0.2) is 16.6 Å². The fourth-order valence-electron chi connectivity index (χ4n) is 2.45. The van der Waals surface area contributed by atoms with Crippen LogP contribution >= 0.6 is 0 Å². The van der Waals surface area contributed by atoms with Gasteiger partial charge < -0.3 is 10.1 Å². The van der Waals surface area contributed by atoms with Crippen LogP contribution in [0.15, 0.2) is 24.3 Å². The van der Waals surface area contributed by atoms with Crippen LogP contribution < -0.4 is 5.32 Å². The molecule has 2 aromatic rings. The van der Waals surface area contributed by atoms with E-state index in [0.29, 0.717) is 11.5 Å². The molecule has 3 rings (SSSR count). The van der Waals surface area contributed by atoms with Gasteiger partial charge in [0, 0.05) is 12.1 Å². The monoisotopic (exact) mass is 255 g/mol. The molecule has 4 nitrogen and oxygen atoms in total. The van der Waals surface area contributed by atoms with Gasteiger partial charge in [-0.25, -0.2) is 0 Å². The zero-order valence-corrected chi connectivity index (χ0v) is 10.7. The molecule has 1 aromatic carbocycles. The van der Waals surface area contributed by atoms with Gasteiger partial charge in [-0.1, -0.05) is 12.5 Å². The van der Waals surface area contributed by atoms with E-state index in [2.05, 4.69) is 16.4 Å². The number of nitriles is 1. The van der Waals surface area contributed by atoms with Crippen LogP contribution in [0.25, 0.3) is 10.9 Å². The first-order valence-corrected chi connectivity index (χ1v) is 6.70. The summed E-state index contributed by atoms with van der Waals surface area (Å²) in [5.41, 5.74) is 2.26. The van der Waals surface area contributed by atoms with Gasteiger partial charge in [-0.15, -0.1) is 0 Å². The number of aromatic amines is 1. The van der Waals surface area contributed by atoms with Crippen molar-refractivity contribution < 1.29 is 5.11 Å². The SMILES string of the molecule is N#Cc1ccc2cc(C(O)NCC3CCC3)[nH]c2c1. The standard InChI is InChI=1S/C15H17N3O/c16-8-11-4-5-12-7-14(18-13(12)6-11)15(19)17-9-10-2-1-3-10/h4-7,10,15,17-19H,1-3,9H2. The fraction of sp³-hybridized carbons (Fsp3) is 0.400. The van der Waals surface area contributed by atoms with Crippen LogP contribution in [0.1, 0.15) is 36.7 Å². The Balaban J connectivity index is 1.74. The molecule has 1 unspecified atom stereocenters. The summed E-state index contributed by atoms with van der Waals surface area (Å²) in [6.45, 7) is 0.861. The zero-order valence-electron chi connectivity index (χ0n) is 10.7. The number of rotatable bonds is 4. The Morgan fingerprint density at radius 3 is 2.95 bits per heavy atom. The molecule has 1 atom stereocenters. The van der Waals surface area contributed by atoms with Crippen molar-refractivity contribution in [2.45, 2.75) is 25.5 Å². The Morgan fingerprint density at radius 2 is 2.26 bits per heavy atom. The van der Waals surface area contributed by atoms with Gasteiger partial charge in [0.2, 0.25) is 0 Å². The van der Waals surface area contributed by atoms with Gasteiger partial charge in [-0.2, -0.15) is 5.26 Å². The van der Waals surface area contributed by atoms with E-state index in [9.17, 15) is 5.11 Å². The summed E-state index contributed by atoms with van der Waals surface area (Å²) in [5, 5.41) is 23.1. The lowest BCUT2D eigenvalue weighted by Gasteiger charge is -2.26. The Kier molecular flexibility index (Phi) is 3.24. The Bertz CT molecular complexity index is 622. The highest BCUT2D eigenvalue weighted by atomic mass is 16.3. The highest BCUT2D eigenvalue weighted by Gasteiger charge is 2.19. The summed E-state index contributed by atoms with van der Waals surface area (Å²) in [5.74, 6) is 0.712. The maximum absolute atomic E-state index is 10.1. The lowest BCUT2D eigenvalue weighted by atomic mass is 9.85. The van der Waals surface area contributed by atoms with Gasteiger partial charge in [-0.05, 0) is 42.3 Å². The van der Waals surface area contributed by atoms with E-state index in [-0.39, 0.29) is 0 Å². The quantitative estimate of drug-likeness (QED) is 0.735. The van der Waals surface area contributed by atoms with E-state index >= 15 is 0 Å². The number of hydrogen-bond donors (Lipinski definition) is 3. The molecule has 1 aliphatic rings. The summed E-state index contributed by atoms with van der Waals surface area (Å²) < 4.78 is 0. The number of nitrogens with zero attached hydrogens (tertiary/aromatic N) is 1. The number of nitrogens with one attached hydrogen (secondary N) is 2. The second kappa shape index (κ2) is 5.04. The molecule has 19 heavy (non-hydrogen) atoms. The minimum atomic E-state index is -0.668. The molecule has 0 radical (unpaired) electrons. The number of aromatic nitrogens is 1. The number of fused-ring (bicyclic) bond motifs is 1. The Hall–Kier alpha value is -1.83. The first-order valence-electron chi connectivity index (χ1n) is 6.70. The van der Waals surface area contributed by atoms with Crippen LogP contribution in [-0.2, 0) is 0 Å². The van der Waals surface area contributed by atoms with E-state index in [1.807, 2.05) is 12.1 Å². The van der Waals surface area contributed by atoms with Crippen molar-refractivity contribution in [1.82, 2.24) is 10.3 Å². The largest absolute Gasteiger partial charge is 0.373 e. The lowest BCUT2D eigenvalue weighted by molar-refractivity contribution is 0.120. The first-order chi connectivity index (χ1) is 9.26. The van der Waals surface area contributed by atoms with Crippen molar-refractivity contribution in [3.05, 3.63) is 35.5 Å². The van der Waals surface area contributed by atoms with E-state index in [1.165, 1.54) is 19.3 Å². The number of benzene rings is 1. The molecule has 3 N–H and O–H groups in total. The third-order valence-electron chi connectivity index (χ3n) is 3.89. The normalized spacial score (nSPS) is 17.1. The van der Waals surface area contributed by atoms with Gasteiger partial charge in [0.1, 0.15) is 6.23 Å². The average Bonchev–Trinajstić information content (AvgIpc) is 2.79. The van der Waals surface area contributed by atoms with Crippen molar-refractivity contribution in [2.24, 2.45) is 5.92 Å². The van der Waals surface area contributed by atoms with E-state index in [4.69, 9.17) is 5.26 Å². The smallest absolute Gasteiger partial charge is 0.145 e. The van der Waals surface area contributed by atoms with Gasteiger partial charge in [0.15, 0.2) is 0 Å². The van der Waals surface area contributed by atoms with Crippen LogP contribution in [0.5, 0.6) is 0 Å². The van der Waals surface area contributed by atoms with Crippen molar-refractivity contribution >= 4 is 10.9 Å². The van der Waals surface area contributed by atoms with E-state index in [0.717, 1.165) is 23.1 Å². The Morgan fingerprint density at radius 1 is 1.42 bits per heavy atom. The van der Waals surface area contributed by atoms with Crippen molar-refractivity contribution in [1.29, 1.82) is 5.26 Å². The zero-order chi connectivity index (χ0) is 13.2. The maximum Gasteiger partial charge on any atom is 0.145 e. The van der Waals surface area contributed by atoms with E-state index < -0.39 is 6.23 Å². The predicted molar refractivity (Wildman–Crippen MR) is 73.3 cm³/mol. The second-order valence-electron chi connectivity index (χ2n) is 5.25. The summed E-state index contributed by atoms with van der Waals surface area (Å²) in [7, 11) is 0. The fourth-order valence-corrected chi connectivity index (χ4v) is 2.45. The van der Waals surface area contributed by atoms with Crippen molar-refractivity contribution in [3.8, 4) is 6.07 Å². The van der Waals surface area contributed by atoms with Gasteiger partial charge in [-0.3, -0.25) is 5.32 Å². The molecule has 1 heterocycles. The molecule has 1 saturated carbocycles. The van der Waals surface area contributed by atoms with E-state index in [1.54, 1.807) is 12.1 Å².